The molecule has 1 N–H and O–H groups in total. The molecule has 1 aliphatic heterocycles. The molecular formula is C20H28N4O3. The Labute approximate surface area is 160 Å². The lowest BCUT2D eigenvalue weighted by atomic mass is 9.96. The molecule has 146 valence electrons. The average Bonchev–Trinajstić information content (AvgIpc) is 3.18. The quantitative estimate of drug-likeness (QED) is 0.767. The van der Waals surface area contributed by atoms with Crippen LogP contribution in [0.2, 0.25) is 0 Å². The zero-order valence-corrected chi connectivity index (χ0v) is 16.1. The number of nitrogens with zero attached hydrogens (tertiary/aromatic N) is 3. The molecule has 0 atom stereocenters. The van der Waals surface area contributed by atoms with Crippen molar-refractivity contribution in [1.29, 1.82) is 0 Å². The molecule has 7 nitrogen and oxygen atoms in total. The zero-order chi connectivity index (χ0) is 19.1. The SMILES string of the molecule is CNCC1CCN(C(=O)CCCc2nc(-c3ccc(OC)cc3)no2)CC1. The molecular weight excluding hydrogens is 344 g/mol. The lowest BCUT2D eigenvalue weighted by Gasteiger charge is -2.32. The summed E-state index contributed by atoms with van der Waals surface area (Å²) in [6, 6.07) is 7.52. The molecule has 1 aromatic heterocycles. The van der Waals surface area contributed by atoms with Gasteiger partial charge >= 0.3 is 0 Å². The monoisotopic (exact) mass is 372 g/mol. The molecule has 0 saturated carbocycles. The summed E-state index contributed by atoms with van der Waals surface area (Å²) in [5, 5.41) is 7.25. The minimum absolute atomic E-state index is 0.229. The number of nitrogens with one attached hydrogen (secondary N) is 1. The number of piperidine rings is 1. The molecule has 7 heteroatoms. The minimum Gasteiger partial charge on any atom is -0.497 e. The van der Waals surface area contributed by atoms with Crippen LogP contribution >= 0.6 is 0 Å². The van der Waals surface area contributed by atoms with Crippen LogP contribution < -0.4 is 10.1 Å². The van der Waals surface area contributed by atoms with Crippen molar-refractivity contribution in [1.82, 2.24) is 20.4 Å². The van der Waals surface area contributed by atoms with Gasteiger partial charge in [0.2, 0.25) is 17.6 Å². The molecule has 0 aliphatic carbocycles. The van der Waals surface area contributed by atoms with Gasteiger partial charge in [0.05, 0.1) is 7.11 Å². The van der Waals surface area contributed by atoms with Gasteiger partial charge in [-0.1, -0.05) is 5.16 Å². The number of hydrogen-bond donors (Lipinski definition) is 1. The van der Waals surface area contributed by atoms with E-state index in [0.717, 1.165) is 50.2 Å². The second-order valence-electron chi connectivity index (χ2n) is 6.98. The number of amides is 1. The highest BCUT2D eigenvalue weighted by molar-refractivity contribution is 5.76. The predicted molar refractivity (Wildman–Crippen MR) is 102 cm³/mol. The third kappa shape index (κ3) is 5.29. The lowest BCUT2D eigenvalue weighted by Crippen LogP contribution is -2.40. The number of carbonyl (C=O) groups is 1. The maximum atomic E-state index is 12.4. The van der Waals surface area contributed by atoms with Gasteiger partial charge in [-0.3, -0.25) is 4.79 Å². The highest BCUT2D eigenvalue weighted by atomic mass is 16.5. The molecule has 0 unspecified atom stereocenters. The molecule has 27 heavy (non-hydrogen) atoms. The Morgan fingerprint density at radius 3 is 2.70 bits per heavy atom. The maximum absolute atomic E-state index is 12.4. The van der Waals surface area contributed by atoms with Gasteiger partial charge in [-0.05, 0) is 63.0 Å². The standard InChI is InChI=1S/C20H28N4O3/c1-21-14-15-10-12-24(13-11-15)19(25)5-3-4-18-22-20(23-27-18)16-6-8-17(26-2)9-7-16/h6-9,15,21H,3-5,10-14H2,1-2H3. The van der Waals surface area contributed by atoms with Crippen molar-refractivity contribution in [3.05, 3.63) is 30.2 Å². The molecule has 0 radical (unpaired) electrons. The molecule has 0 spiro atoms. The first-order valence-electron chi connectivity index (χ1n) is 9.59. The Kier molecular flexibility index (Phi) is 6.81. The van der Waals surface area contributed by atoms with Crippen LogP contribution in [-0.2, 0) is 11.2 Å². The number of aromatic nitrogens is 2. The number of ether oxygens (including phenoxy) is 1. The summed E-state index contributed by atoms with van der Waals surface area (Å²) in [4.78, 5) is 18.8. The van der Waals surface area contributed by atoms with E-state index in [1.165, 1.54) is 0 Å². The van der Waals surface area contributed by atoms with E-state index in [1.807, 2.05) is 36.2 Å². The highest BCUT2D eigenvalue weighted by Crippen LogP contribution is 2.21. The lowest BCUT2D eigenvalue weighted by molar-refractivity contribution is -0.132. The van der Waals surface area contributed by atoms with Gasteiger partial charge in [0.15, 0.2) is 0 Å². The first kappa shape index (κ1) is 19.4. The molecule has 3 rings (SSSR count). The minimum atomic E-state index is 0.229. The average molecular weight is 372 g/mol. The van der Waals surface area contributed by atoms with E-state index in [0.29, 0.717) is 30.5 Å². The van der Waals surface area contributed by atoms with Crippen LogP contribution in [0.4, 0.5) is 0 Å². The molecule has 1 aromatic carbocycles. The molecule has 1 saturated heterocycles. The Morgan fingerprint density at radius 1 is 1.30 bits per heavy atom. The van der Waals surface area contributed by atoms with Gasteiger partial charge in [-0.15, -0.1) is 0 Å². The first-order valence-corrected chi connectivity index (χ1v) is 9.59. The van der Waals surface area contributed by atoms with Gasteiger partial charge in [0, 0.05) is 31.5 Å². The molecule has 0 bridgehead atoms. The molecule has 2 aromatic rings. The van der Waals surface area contributed by atoms with Crippen LogP contribution in [0, 0.1) is 5.92 Å². The van der Waals surface area contributed by atoms with E-state index in [2.05, 4.69) is 15.5 Å². The van der Waals surface area contributed by atoms with Crippen molar-refractivity contribution >= 4 is 5.91 Å². The number of benzene rings is 1. The van der Waals surface area contributed by atoms with Crippen molar-refractivity contribution in [3.63, 3.8) is 0 Å². The second-order valence-corrected chi connectivity index (χ2v) is 6.98. The number of rotatable bonds is 8. The van der Waals surface area contributed by atoms with Crippen molar-refractivity contribution < 1.29 is 14.1 Å². The van der Waals surface area contributed by atoms with Gasteiger partial charge in [0.25, 0.3) is 0 Å². The van der Waals surface area contributed by atoms with Crippen molar-refractivity contribution in [2.75, 3.05) is 33.8 Å². The van der Waals surface area contributed by atoms with Crippen LogP contribution in [0.3, 0.4) is 0 Å². The Balaban J connectivity index is 1.43. The van der Waals surface area contributed by atoms with Crippen molar-refractivity contribution in [3.8, 4) is 17.1 Å². The normalized spacial score (nSPS) is 15.1. The number of methoxy groups -OCH3 is 1. The zero-order valence-electron chi connectivity index (χ0n) is 16.1. The van der Waals surface area contributed by atoms with Gasteiger partial charge in [-0.25, -0.2) is 0 Å². The van der Waals surface area contributed by atoms with Crippen LogP contribution in [0.1, 0.15) is 31.6 Å². The molecule has 1 amide bonds. The smallest absolute Gasteiger partial charge is 0.226 e. The third-order valence-corrected chi connectivity index (χ3v) is 5.06. The van der Waals surface area contributed by atoms with Crippen LogP contribution in [-0.4, -0.2) is 54.7 Å². The summed E-state index contributed by atoms with van der Waals surface area (Å²) in [6.45, 7) is 2.77. The summed E-state index contributed by atoms with van der Waals surface area (Å²) in [6.07, 6.45) is 4.03. The number of aryl methyl sites for hydroxylation is 1. The van der Waals surface area contributed by atoms with E-state index in [-0.39, 0.29) is 5.91 Å². The van der Waals surface area contributed by atoms with Gasteiger partial charge in [0.1, 0.15) is 5.75 Å². The van der Waals surface area contributed by atoms with Gasteiger partial charge < -0.3 is 19.5 Å². The second kappa shape index (κ2) is 9.50. The first-order chi connectivity index (χ1) is 13.2. The largest absolute Gasteiger partial charge is 0.497 e. The van der Waals surface area contributed by atoms with Crippen molar-refractivity contribution in [2.45, 2.75) is 32.1 Å². The fourth-order valence-electron chi connectivity index (χ4n) is 3.44. The third-order valence-electron chi connectivity index (χ3n) is 5.06. The Morgan fingerprint density at radius 2 is 2.04 bits per heavy atom. The van der Waals surface area contributed by atoms with Gasteiger partial charge in [-0.2, -0.15) is 4.98 Å². The molecule has 2 heterocycles. The summed E-state index contributed by atoms with van der Waals surface area (Å²) in [5.74, 6) is 2.84. The summed E-state index contributed by atoms with van der Waals surface area (Å²) < 4.78 is 10.5. The Hall–Kier alpha value is -2.41. The van der Waals surface area contributed by atoms with Crippen LogP contribution in [0.5, 0.6) is 5.75 Å². The summed E-state index contributed by atoms with van der Waals surface area (Å²) in [7, 11) is 3.61. The molecule has 1 aliphatic rings. The fraction of sp³-hybridized carbons (Fsp3) is 0.550. The highest BCUT2D eigenvalue weighted by Gasteiger charge is 2.22. The number of likely N-dealkylation sites (tertiary alicyclic amines) is 1. The topological polar surface area (TPSA) is 80.5 Å². The summed E-state index contributed by atoms with van der Waals surface area (Å²) in [5.41, 5.74) is 0.881. The summed E-state index contributed by atoms with van der Waals surface area (Å²) >= 11 is 0. The number of carbonyl (C=O) groups excluding carboxylic acids is 1. The van der Waals surface area contributed by atoms with E-state index in [9.17, 15) is 4.79 Å². The van der Waals surface area contributed by atoms with E-state index >= 15 is 0 Å². The Bertz CT molecular complexity index is 721. The van der Waals surface area contributed by atoms with E-state index in [1.54, 1.807) is 7.11 Å². The van der Waals surface area contributed by atoms with E-state index < -0.39 is 0 Å². The maximum Gasteiger partial charge on any atom is 0.226 e. The number of hydrogen-bond acceptors (Lipinski definition) is 6. The van der Waals surface area contributed by atoms with Crippen LogP contribution in [0.25, 0.3) is 11.4 Å². The van der Waals surface area contributed by atoms with Crippen LogP contribution in [0.15, 0.2) is 28.8 Å². The molecule has 1 fully saturated rings. The predicted octanol–water partition coefficient (Wildman–Crippen LogP) is 2.53. The van der Waals surface area contributed by atoms with E-state index in [4.69, 9.17) is 9.26 Å². The van der Waals surface area contributed by atoms with Crippen molar-refractivity contribution in [2.24, 2.45) is 5.92 Å². The fourth-order valence-corrected chi connectivity index (χ4v) is 3.44.